The molecule has 2 N–H and O–H groups in total. The second-order valence-corrected chi connectivity index (χ2v) is 7.10. The van der Waals surface area contributed by atoms with Crippen molar-refractivity contribution in [2.24, 2.45) is 0 Å². The van der Waals surface area contributed by atoms with Crippen molar-refractivity contribution >= 4 is 17.3 Å². The summed E-state index contributed by atoms with van der Waals surface area (Å²) in [7, 11) is 1.59. The average molecular weight is 352 g/mol. The maximum absolute atomic E-state index is 12.4. The van der Waals surface area contributed by atoms with E-state index in [1.165, 1.54) is 18.5 Å². The number of carbonyl (C=O) groups excluding carboxylic acids is 1. The molecule has 0 saturated carbocycles. The first-order chi connectivity index (χ1) is 12.6. The van der Waals surface area contributed by atoms with E-state index in [4.69, 9.17) is 4.74 Å². The molecule has 2 aromatic rings. The molecule has 0 radical (unpaired) electrons. The molecule has 5 heteroatoms. The third-order valence-electron chi connectivity index (χ3n) is 5.54. The number of rotatable bonds is 3. The zero-order valence-corrected chi connectivity index (χ0v) is 15.2. The molecule has 2 heterocycles. The Morgan fingerprint density at radius 1 is 1.15 bits per heavy atom. The summed E-state index contributed by atoms with van der Waals surface area (Å²) in [4.78, 5) is 14.8. The van der Waals surface area contributed by atoms with Crippen molar-refractivity contribution in [2.75, 3.05) is 30.4 Å². The predicted molar refractivity (Wildman–Crippen MR) is 102 cm³/mol. The van der Waals surface area contributed by atoms with Crippen molar-refractivity contribution in [1.29, 1.82) is 0 Å². The summed E-state index contributed by atoms with van der Waals surface area (Å²) >= 11 is 0. The average Bonchev–Trinajstić information content (AvgIpc) is 3.16. The minimum absolute atomic E-state index is 0.0132. The second-order valence-electron chi connectivity index (χ2n) is 7.10. The van der Waals surface area contributed by atoms with Gasteiger partial charge in [0.15, 0.2) is 0 Å². The number of anilines is 2. The highest BCUT2D eigenvalue weighted by Crippen LogP contribution is 2.45. The minimum atomic E-state index is -0.0828. The number of amides is 1. The van der Waals surface area contributed by atoms with Gasteiger partial charge in [0.2, 0.25) is 5.91 Å². The Hall–Kier alpha value is -2.69. The molecule has 1 saturated heterocycles. The van der Waals surface area contributed by atoms with E-state index in [0.29, 0.717) is 12.2 Å². The van der Waals surface area contributed by atoms with Crippen molar-refractivity contribution in [3.05, 3.63) is 47.0 Å². The Kier molecular flexibility index (Phi) is 4.23. The number of carbonyl (C=O) groups is 1. The molecule has 26 heavy (non-hydrogen) atoms. The lowest BCUT2D eigenvalue weighted by atomic mass is 9.82. The standard InChI is InChI=1S/C21H24N2O3/c1-13-18(23-9-3-4-10-23)8-7-16-17(12-20(25)22-21(13)16)15-6-5-14(24)11-19(15)26-2/h5-8,11,17,24H,3-4,9-10,12H2,1-2H3,(H,22,25). The fourth-order valence-electron chi connectivity index (χ4n) is 4.23. The van der Waals surface area contributed by atoms with E-state index < -0.39 is 0 Å². The van der Waals surface area contributed by atoms with Crippen LogP contribution in [0.5, 0.6) is 11.5 Å². The van der Waals surface area contributed by atoms with Crippen molar-refractivity contribution in [1.82, 2.24) is 0 Å². The fourth-order valence-corrected chi connectivity index (χ4v) is 4.23. The lowest BCUT2D eigenvalue weighted by Crippen LogP contribution is -2.26. The van der Waals surface area contributed by atoms with Gasteiger partial charge >= 0.3 is 0 Å². The van der Waals surface area contributed by atoms with Crippen LogP contribution in [0, 0.1) is 6.92 Å². The molecule has 1 unspecified atom stereocenters. The molecule has 2 aliphatic rings. The second kappa shape index (κ2) is 6.56. The summed E-state index contributed by atoms with van der Waals surface area (Å²) in [5, 5.41) is 12.8. The number of fused-ring (bicyclic) bond motifs is 1. The number of methoxy groups -OCH3 is 1. The van der Waals surface area contributed by atoms with E-state index in [-0.39, 0.29) is 17.6 Å². The van der Waals surface area contributed by atoms with Gasteiger partial charge in [0.1, 0.15) is 11.5 Å². The number of hydrogen-bond acceptors (Lipinski definition) is 4. The highest BCUT2D eigenvalue weighted by molar-refractivity contribution is 5.97. The molecule has 1 fully saturated rings. The summed E-state index contributed by atoms with van der Waals surface area (Å²) < 4.78 is 5.46. The van der Waals surface area contributed by atoms with Gasteiger partial charge in [-0.05, 0) is 43.0 Å². The number of nitrogens with zero attached hydrogens (tertiary/aromatic N) is 1. The van der Waals surface area contributed by atoms with Gasteiger partial charge in [-0.15, -0.1) is 0 Å². The monoisotopic (exact) mass is 352 g/mol. The summed E-state index contributed by atoms with van der Waals surface area (Å²) in [6.07, 6.45) is 2.81. The third kappa shape index (κ3) is 2.77. The van der Waals surface area contributed by atoms with Gasteiger partial charge in [-0.2, -0.15) is 0 Å². The Labute approximate surface area is 153 Å². The molecule has 2 aliphatic heterocycles. The molecule has 4 rings (SSSR count). The van der Waals surface area contributed by atoms with Gasteiger partial charge in [-0.25, -0.2) is 0 Å². The molecular formula is C21H24N2O3. The molecule has 2 aromatic carbocycles. The Balaban J connectivity index is 1.81. The van der Waals surface area contributed by atoms with Gasteiger partial charge in [0.05, 0.1) is 7.11 Å². The summed E-state index contributed by atoms with van der Waals surface area (Å²) in [5.41, 5.74) is 5.29. The normalized spacial score (nSPS) is 19.2. The van der Waals surface area contributed by atoms with E-state index in [9.17, 15) is 9.90 Å². The molecule has 5 nitrogen and oxygen atoms in total. The minimum Gasteiger partial charge on any atom is -0.508 e. The van der Waals surface area contributed by atoms with Crippen LogP contribution in [-0.2, 0) is 4.79 Å². The van der Waals surface area contributed by atoms with Gasteiger partial charge in [0, 0.05) is 48.4 Å². The van der Waals surface area contributed by atoms with Crippen LogP contribution in [0.15, 0.2) is 30.3 Å². The summed E-state index contributed by atoms with van der Waals surface area (Å²) in [5.74, 6) is 0.698. The zero-order chi connectivity index (χ0) is 18.3. The molecule has 0 aliphatic carbocycles. The van der Waals surface area contributed by atoms with Crippen molar-refractivity contribution in [3.63, 3.8) is 0 Å². The molecule has 0 spiro atoms. The van der Waals surface area contributed by atoms with E-state index in [0.717, 1.165) is 35.5 Å². The maximum atomic E-state index is 12.4. The Morgan fingerprint density at radius 2 is 1.88 bits per heavy atom. The van der Waals surface area contributed by atoms with E-state index in [2.05, 4.69) is 29.3 Å². The number of nitrogens with one attached hydrogen (secondary N) is 1. The highest BCUT2D eigenvalue weighted by Gasteiger charge is 2.31. The van der Waals surface area contributed by atoms with E-state index >= 15 is 0 Å². The molecule has 1 atom stereocenters. The maximum Gasteiger partial charge on any atom is 0.225 e. The lowest BCUT2D eigenvalue weighted by Gasteiger charge is -2.31. The van der Waals surface area contributed by atoms with Gasteiger partial charge in [0.25, 0.3) is 0 Å². The van der Waals surface area contributed by atoms with Crippen LogP contribution in [0.25, 0.3) is 0 Å². The molecule has 0 bridgehead atoms. The van der Waals surface area contributed by atoms with Crippen molar-refractivity contribution in [3.8, 4) is 11.5 Å². The quantitative estimate of drug-likeness (QED) is 0.882. The lowest BCUT2D eigenvalue weighted by molar-refractivity contribution is -0.116. The summed E-state index contributed by atoms with van der Waals surface area (Å²) in [6, 6.07) is 9.41. The number of hydrogen-bond donors (Lipinski definition) is 2. The number of ether oxygens (including phenoxy) is 1. The number of aromatic hydroxyl groups is 1. The van der Waals surface area contributed by atoms with E-state index in [1.807, 2.05) is 6.07 Å². The first kappa shape index (κ1) is 16.8. The van der Waals surface area contributed by atoms with Crippen LogP contribution in [0.4, 0.5) is 11.4 Å². The topological polar surface area (TPSA) is 61.8 Å². The van der Waals surface area contributed by atoms with Gasteiger partial charge < -0.3 is 20.1 Å². The largest absolute Gasteiger partial charge is 0.508 e. The van der Waals surface area contributed by atoms with Crippen LogP contribution in [0.2, 0.25) is 0 Å². The smallest absolute Gasteiger partial charge is 0.225 e. The van der Waals surface area contributed by atoms with Crippen LogP contribution in [0.3, 0.4) is 0 Å². The van der Waals surface area contributed by atoms with Gasteiger partial charge in [-0.3, -0.25) is 4.79 Å². The van der Waals surface area contributed by atoms with Crippen LogP contribution < -0.4 is 15.0 Å². The molecular weight excluding hydrogens is 328 g/mol. The molecule has 136 valence electrons. The summed E-state index contributed by atoms with van der Waals surface area (Å²) in [6.45, 7) is 4.23. The van der Waals surface area contributed by atoms with E-state index in [1.54, 1.807) is 19.2 Å². The SMILES string of the molecule is COc1cc(O)ccc1C1CC(=O)Nc2c1ccc(N1CCCC1)c2C. The Bertz CT molecular complexity index is 857. The Morgan fingerprint density at radius 3 is 2.62 bits per heavy atom. The number of phenols is 1. The van der Waals surface area contributed by atoms with Crippen LogP contribution in [-0.4, -0.2) is 31.2 Å². The number of benzene rings is 2. The first-order valence-corrected chi connectivity index (χ1v) is 9.13. The zero-order valence-electron chi connectivity index (χ0n) is 15.2. The van der Waals surface area contributed by atoms with Gasteiger partial charge in [-0.1, -0.05) is 12.1 Å². The fraction of sp³-hybridized carbons (Fsp3) is 0.381. The highest BCUT2D eigenvalue weighted by atomic mass is 16.5. The molecule has 0 aromatic heterocycles. The van der Waals surface area contributed by atoms with Crippen molar-refractivity contribution < 1.29 is 14.6 Å². The molecule has 1 amide bonds. The van der Waals surface area contributed by atoms with Crippen LogP contribution in [0.1, 0.15) is 41.9 Å². The predicted octanol–water partition coefficient (Wildman–Crippen LogP) is 3.78. The number of phenolic OH excluding ortho intramolecular Hbond substituents is 1. The van der Waals surface area contributed by atoms with Crippen molar-refractivity contribution in [2.45, 2.75) is 32.1 Å². The van der Waals surface area contributed by atoms with Crippen LogP contribution >= 0.6 is 0 Å². The third-order valence-corrected chi connectivity index (χ3v) is 5.54. The first-order valence-electron chi connectivity index (χ1n) is 9.13.